The minimum Gasteiger partial charge on any atom is -0.507 e. The molecule has 1 fully saturated rings. The van der Waals surface area contributed by atoms with Crippen LogP contribution in [0.25, 0.3) is 11.0 Å². The summed E-state index contributed by atoms with van der Waals surface area (Å²) >= 11 is 0. The van der Waals surface area contributed by atoms with E-state index < -0.39 is 54.9 Å². The van der Waals surface area contributed by atoms with Crippen LogP contribution in [-0.2, 0) is 14.4 Å². The molecule has 11 nitrogen and oxygen atoms in total. The molecule has 2 aromatic carbocycles. The first-order chi connectivity index (χ1) is 17.8. The normalized spacial score (nSPS) is 25.9. The van der Waals surface area contributed by atoms with E-state index in [2.05, 4.69) is 0 Å². The predicted octanol–water partition coefficient (Wildman–Crippen LogP) is 1.00. The predicted molar refractivity (Wildman–Crippen MR) is 130 cm³/mol. The fraction of sp³-hybridized carbons (Fsp3) is 0.423. The second-order valence-corrected chi connectivity index (χ2v) is 8.97. The second kappa shape index (κ2) is 11.7. The van der Waals surface area contributed by atoms with Gasteiger partial charge in [0.15, 0.2) is 0 Å². The highest BCUT2D eigenvalue weighted by molar-refractivity contribution is 5.84. The molecule has 1 aliphatic rings. The first-order valence-electron chi connectivity index (χ1n) is 11.9. The summed E-state index contributed by atoms with van der Waals surface area (Å²) in [6, 6.07) is 15.2. The zero-order valence-corrected chi connectivity index (χ0v) is 20.4. The number of hydroxylamine groups is 2. The fourth-order valence-corrected chi connectivity index (χ4v) is 4.57. The van der Waals surface area contributed by atoms with Crippen LogP contribution in [0, 0.1) is 0 Å². The Morgan fingerprint density at radius 2 is 1.68 bits per heavy atom. The van der Waals surface area contributed by atoms with Crippen LogP contribution in [0.5, 0.6) is 5.75 Å². The third-order valence-electron chi connectivity index (χ3n) is 6.54. The third kappa shape index (κ3) is 5.54. The van der Waals surface area contributed by atoms with E-state index in [0.717, 1.165) is 10.8 Å². The Morgan fingerprint density at radius 1 is 1.00 bits per heavy atom. The molecule has 2 heterocycles. The lowest BCUT2D eigenvalue weighted by Gasteiger charge is -2.41. The lowest BCUT2D eigenvalue weighted by Crippen LogP contribution is -2.60. The number of para-hydroxylation sites is 1. The van der Waals surface area contributed by atoms with Gasteiger partial charge in [0.1, 0.15) is 35.7 Å². The topological polar surface area (TPSA) is 162 Å². The van der Waals surface area contributed by atoms with Crippen molar-refractivity contribution in [2.75, 3.05) is 13.7 Å². The van der Waals surface area contributed by atoms with Gasteiger partial charge in [0.25, 0.3) is 0 Å². The molecule has 37 heavy (non-hydrogen) atoms. The van der Waals surface area contributed by atoms with Crippen LogP contribution in [0.15, 0.2) is 63.8 Å². The maximum atomic E-state index is 13.1. The molecule has 4 rings (SSSR count). The summed E-state index contributed by atoms with van der Waals surface area (Å²) in [6.07, 6.45) is -7.23. The van der Waals surface area contributed by atoms with E-state index >= 15 is 0 Å². The van der Waals surface area contributed by atoms with Crippen LogP contribution in [0.1, 0.15) is 30.4 Å². The van der Waals surface area contributed by atoms with Crippen molar-refractivity contribution in [3.05, 3.63) is 76.1 Å². The summed E-state index contributed by atoms with van der Waals surface area (Å²) in [4.78, 5) is 24.1. The van der Waals surface area contributed by atoms with Gasteiger partial charge >= 0.3 is 5.63 Å². The van der Waals surface area contributed by atoms with Gasteiger partial charge in [-0.3, -0.25) is 4.84 Å². The molecule has 0 radical (unpaired) electrons. The molecule has 0 saturated carbocycles. The molecule has 11 heteroatoms. The number of hydrogen-bond donors (Lipinski definition) is 5. The molecular formula is C26H31NO10. The van der Waals surface area contributed by atoms with Gasteiger partial charge in [-0.25, -0.2) is 9.63 Å². The molecule has 1 saturated heterocycles. The summed E-state index contributed by atoms with van der Waals surface area (Å²) in [5, 5.41) is 52.4. The Hall–Kier alpha value is -2.87. The number of hydrogen-bond acceptors (Lipinski definition) is 11. The lowest BCUT2D eigenvalue weighted by atomic mass is 9.86. The number of aromatic hydroxyl groups is 1. The van der Waals surface area contributed by atoms with E-state index in [9.17, 15) is 30.3 Å². The molecule has 5 N–H and O–H groups in total. The molecular weight excluding hydrogens is 486 g/mol. The van der Waals surface area contributed by atoms with Crippen molar-refractivity contribution in [2.24, 2.45) is 0 Å². The smallest absolute Gasteiger partial charge is 0.343 e. The zero-order valence-electron chi connectivity index (χ0n) is 20.4. The highest BCUT2D eigenvalue weighted by Gasteiger charge is 2.45. The van der Waals surface area contributed by atoms with Crippen LogP contribution < -0.4 is 5.63 Å². The molecule has 0 aliphatic carbocycles. The maximum Gasteiger partial charge on any atom is 0.343 e. The zero-order chi connectivity index (χ0) is 26.7. The van der Waals surface area contributed by atoms with Crippen molar-refractivity contribution in [1.29, 1.82) is 0 Å². The largest absolute Gasteiger partial charge is 0.507 e. The standard InChI is InChI=1S/C26H31NO10/c1-14(27(34-2)37-26-24(32)23(31)22(30)19(13-28)36-26)12-17(15-8-4-3-5-9-15)20-21(29)16-10-6-7-11-18(16)35-25(20)33/h3-11,14,17,19,22-24,26,28-32H,12-13H2,1-2H3/t14?,17?,19-,22-,23+,24+,26?/m1/s1. The van der Waals surface area contributed by atoms with Crippen molar-refractivity contribution >= 4 is 11.0 Å². The SMILES string of the molecule is CON(OC1O[C@H](CO)[C@@H](O)[C@H](O)[C@@H]1O)C(C)CC(c1ccccc1)c1c(O)c2ccccc2oc1=O. The molecule has 0 bridgehead atoms. The first kappa shape index (κ1) is 27.2. The molecule has 0 spiro atoms. The molecule has 1 aliphatic heterocycles. The number of nitrogens with zero attached hydrogens (tertiary/aromatic N) is 1. The van der Waals surface area contributed by atoms with Gasteiger partial charge < -0.3 is 34.7 Å². The summed E-state index contributed by atoms with van der Waals surface area (Å²) in [5.74, 6) is -0.833. The quantitative estimate of drug-likeness (QED) is 0.203. The summed E-state index contributed by atoms with van der Waals surface area (Å²) in [7, 11) is 1.32. The Morgan fingerprint density at radius 3 is 2.35 bits per heavy atom. The number of aliphatic hydroxyl groups excluding tert-OH is 4. The Balaban J connectivity index is 1.64. The maximum absolute atomic E-state index is 13.1. The van der Waals surface area contributed by atoms with Gasteiger partial charge in [0.2, 0.25) is 6.29 Å². The van der Waals surface area contributed by atoms with E-state index in [-0.39, 0.29) is 23.3 Å². The molecule has 0 amide bonds. The Labute approximate surface area is 212 Å². The van der Waals surface area contributed by atoms with Crippen molar-refractivity contribution in [1.82, 2.24) is 5.23 Å². The van der Waals surface area contributed by atoms with Crippen molar-refractivity contribution in [3.63, 3.8) is 0 Å². The Kier molecular flexibility index (Phi) is 8.57. The fourth-order valence-electron chi connectivity index (χ4n) is 4.57. The average Bonchev–Trinajstić information content (AvgIpc) is 2.91. The molecule has 200 valence electrons. The van der Waals surface area contributed by atoms with Crippen LogP contribution in [0.2, 0.25) is 0 Å². The second-order valence-electron chi connectivity index (χ2n) is 8.97. The summed E-state index contributed by atoms with van der Waals surface area (Å²) in [6.45, 7) is 1.11. The average molecular weight is 518 g/mol. The molecule has 3 unspecified atom stereocenters. The van der Waals surface area contributed by atoms with E-state index in [1.807, 2.05) is 30.3 Å². The highest BCUT2D eigenvalue weighted by atomic mass is 17.0. The van der Waals surface area contributed by atoms with Crippen molar-refractivity contribution in [3.8, 4) is 5.75 Å². The van der Waals surface area contributed by atoms with Gasteiger partial charge in [0, 0.05) is 5.92 Å². The van der Waals surface area contributed by atoms with E-state index in [1.54, 1.807) is 31.2 Å². The van der Waals surface area contributed by atoms with E-state index in [1.165, 1.54) is 7.11 Å². The number of ether oxygens (including phenoxy) is 1. The number of aliphatic hydroxyl groups is 4. The van der Waals surface area contributed by atoms with E-state index in [0.29, 0.717) is 5.39 Å². The third-order valence-corrected chi connectivity index (χ3v) is 6.54. The van der Waals surface area contributed by atoms with Gasteiger partial charge in [-0.15, -0.1) is 0 Å². The lowest BCUT2D eigenvalue weighted by molar-refractivity contribution is -0.453. The molecule has 1 aromatic heterocycles. The number of rotatable bonds is 9. The van der Waals surface area contributed by atoms with Crippen LogP contribution in [-0.4, -0.2) is 81.2 Å². The summed E-state index contributed by atoms with van der Waals surface area (Å²) in [5.41, 5.74) is 0.380. The van der Waals surface area contributed by atoms with Gasteiger partial charge in [-0.2, -0.15) is 0 Å². The van der Waals surface area contributed by atoms with Crippen LogP contribution >= 0.6 is 0 Å². The number of fused-ring (bicyclic) bond motifs is 1. The molecule has 3 aromatic rings. The van der Waals surface area contributed by atoms with Crippen molar-refractivity contribution in [2.45, 2.75) is 56.0 Å². The first-order valence-corrected chi connectivity index (χ1v) is 11.9. The van der Waals surface area contributed by atoms with Gasteiger partial charge in [-0.05, 0) is 31.0 Å². The van der Waals surface area contributed by atoms with Crippen LogP contribution in [0.4, 0.5) is 0 Å². The van der Waals surface area contributed by atoms with Gasteiger partial charge in [0.05, 0.1) is 30.7 Å². The number of benzene rings is 2. The minimum absolute atomic E-state index is 0.0700. The Bertz CT molecular complexity index is 1230. The van der Waals surface area contributed by atoms with Crippen LogP contribution in [0.3, 0.4) is 0 Å². The van der Waals surface area contributed by atoms with E-state index in [4.69, 9.17) is 18.8 Å². The minimum atomic E-state index is -1.64. The molecule has 7 atom stereocenters. The highest BCUT2D eigenvalue weighted by Crippen LogP contribution is 2.37. The van der Waals surface area contributed by atoms with Gasteiger partial charge in [-0.1, -0.05) is 47.7 Å². The monoisotopic (exact) mass is 517 g/mol. The van der Waals surface area contributed by atoms with Crippen molar-refractivity contribution < 1.29 is 44.4 Å². The summed E-state index contributed by atoms with van der Waals surface area (Å²) < 4.78 is 10.9.